The van der Waals surface area contributed by atoms with E-state index in [4.69, 9.17) is 0 Å². The zero-order valence-electron chi connectivity index (χ0n) is 8.59. The Morgan fingerprint density at radius 3 is 2.46 bits per heavy atom. The van der Waals surface area contributed by atoms with Crippen LogP contribution in [-0.2, 0) is 9.59 Å². The van der Waals surface area contributed by atoms with E-state index in [1.165, 1.54) is 0 Å². The molecule has 1 amide bonds. The largest absolute Gasteiger partial charge is 0.355 e. The smallest absolute Gasteiger partial charge is 0.234 e. The number of amides is 1. The Bertz CT molecular complexity index is 180. The predicted molar refractivity (Wildman–Crippen MR) is 51.5 cm³/mol. The zero-order valence-corrected chi connectivity index (χ0v) is 8.59. The van der Waals surface area contributed by atoms with Crippen molar-refractivity contribution in [3.63, 3.8) is 0 Å². The maximum atomic E-state index is 11.1. The van der Waals surface area contributed by atoms with Crippen LogP contribution in [0.25, 0.3) is 0 Å². The summed E-state index contributed by atoms with van der Waals surface area (Å²) in [7, 11) is 1.83. The summed E-state index contributed by atoms with van der Waals surface area (Å²) in [6.07, 6.45) is 0.510. The third kappa shape index (κ3) is 7.46. The molecule has 0 aliphatic carbocycles. The molecule has 0 aliphatic heterocycles. The van der Waals surface area contributed by atoms with Crippen molar-refractivity contribution in [2.45, 2.75) is 20.3 Å². The lowest BCUT2D eigenvalue weighted by molar-refractivity contribution is -0.122. The first kappa shape index (κ1) is 12.1. The molecule has 0 saturated carbocycles. The number of carbonyl (C=O) groups is 2. The van der Waals surface area contributed by atoms with Crippen molar-refractivity contribution in [3.05, 3.63) is 0 Å². The number of nitrogens with one attached hydrogen (secondary N) is 1. The van der Waals surface area contributed by atoms with E-state index in [0.29, 0.717) is 26.1 Å². The summed E-state index contributed by atoms with van der Waals surface area (Å²) >= 11 is 0. The molecule has 4 nitrogen and oxygen atoms in total. The second-order valence-corrected chi connectivity index (χ2v) is 3.14. The van der Waals surface area contributed by atoms with Crippen LogP contribution in [0.2, 0.25) is 0 Å². The molecule has 0 rings (SSSR count). The lowest BCUT2D eigenvalue weighted by atomic mass is 10.3. The molecule has 0 aliphatic rings. The Morgan fingerprint density at radius 1 is 1.38 bits per heavy atom. The van der Waals surface area contributed by atoms with Gasteiger partial charge in [0.15, 0.2) is 0 Å². The van der Waals surface area contributed by atoms with Crippen LogP contribution in [0.4, 0.5) is 0 Å². The number of nitrogens with zero attached hydrogens (tertiary/aromatic N) is 1. The van der Waals surface area contributed by atoms with Crippen LogP contribution in [0, 0.1) is 0 Å². The van der Waals surface area contributed by atoms with Gasteiger partial charge in [0.25, 0.3) is 0 Å². The van der Waals surface area contributed by atoms with Gasteiger partial charge in [-0.25, -0.2) is 0 Å². The quantitative estimate of drug-likeness (QED) is 0.637. The Morgan fingerprint density at radius 2 is 2.00 bits per heavy atom. The Labute approximate surface area is 79.3 Å². The molecular formula is C9H18N2O2. The summed E-state index contributed by atoms with van der Waals surface area (Å²) in [5, 5.41) is 2.70. The van der Waals surface area contributed by atoms with E-state index in [2.05, 4.69) is 5.32 Å². The number of carbonyl (C=O) groups excluding carboxylic acids is 2. The van der Waals surface area contributed by atoms with Gasteiger partial charge in [-0.05, 0) is 20.9 Å². The molecule has 0 aromatic carbocycles. The van der Waals surface area contributed by atoms with Crippen LogP contribution in [0.15, 0.2) is 0 Å². The van der Waals surface area contributed by atoms with Gasteiger partial charge in [0.1, 0.15) is 5.78 Å². The molecule has 0 aromatic rings. The second-order valence-electron chi connectivity index (χ2n) is 3.14. The van der Waals surface area contributed by atoms with E-state index < -0.39 is 0 Å². The molecule has 0 bridgehead atoms. The fraction of sp³-hybridized carbons (Fsp3) is 0.778. The van der Waals surface area contributed by atoms with Crippen LogP contribution in [0.1, 0.15) is 20.3 Å². The van der Waals surface area contributed by atoms with Gasteiger partial charge in [0.2, 0.25) is 5.91 Å². The average Bonchev–Trinajstić information content (AvgIpc) is 2.01. The third-order valence-electron chi connectivity index (χ3n) is 1.63. The maximum Gasteiger partial charge on any atom is 0.234 e. The maximum absolute atomic E-state index is 11.1. The molecule has 0 heterocycles. The zero-order chi connectivity index (χ0) is 10.3. The first-order chi connectivity index (χ1) is 6.06. The molecule has 4 heteroatoms. The summed E-state index contributed by atoms with van der Waals surface area (Å²) in [6, 6.07) is 0. The molecule has 0 fully saturated rings. The molecule has 13 heavy (non-hydrogen) atoms. The molecule has 0 spiro atoms. The normalized spacial score (nSPS) is 10.2. The van der Waals surface area contributed by atoms with Crippen molar-refractivity contribution in [2.24, 2.45) is 0 Å². The standard InChI is InChI=1S/C9H18N2O2/c1-4-10-9(13)7-11(3)6-5-8(2)12/h4-7H2,1-3H3,(H,10,13). The van der Waals surface area contributed by atoms with Crippen molar-refractivity contribution in [1.82, 2.24) is 10.2 Å². The summed E-state index contributed by atoms with van der Waals surface area (Å²) < 4.78 is 0. The minimum Gasteiger partial charge on any atom is -0.355 e. The number of likely N-dealkylation sites (N-methyl/N-ethyl adjacent to an activating group) is 2. The molecule has 0 unspecified atom stereocenters. The van der Waals surface area contributed by atoms with Gasteiger partial charge < -0.3 is 5.32 Å². The predicted octanol–water partition coefficient (Wildman–Crippen LogP) is 0.0334. The summed E-state index contributed by atoms with van der Waals surface area (Å²) in [4.78, 5) is 23.5. The first-order valence-electron chi connectivity index (χ1n) is 4.51. The minimum atomic E-state index is 0.00792. The van der Waals surface area contributed by atoms with E-state index in [-0.39, 0.29) is 11.7 Å². The Hall–Kier alpha value is -0.900. The van der Waals surface area contributed by atoms with E-state index in [9.17, 15) is 9.59 Å². The molecule has 76 valence electrons. The van der Waals surface area contributed by atoms with Crippen molar-refractivity contribution in [1.29, 1.82) is 0 Å². The molecule has 0 saturated heterocycles. The highest BCUT2D eigenvalue weighted by atomic mass is 16.2. The van der Waals surface area contributed by atoms with E-state index in [1.807, 2.05) is 18.9 Å². The fourth-order valence-corrected chi connectivity index (χ4v) is 0.926. The van der Waals surface area contributed by atoms with Crippen LogP contribution in [0.5, 0.6) is 0 Å². The SMILES string of the molecule is CCNC(=O)CN(C)CCC(C)=O. The van der Waals surface area contributed by atoms with Crippen LogP contribution in [0.3, 0.4) is 0 Å². The summed E-state index contributed by atoms with van der Waals surface area (Å²) in [6.45, 7) is 5.10. The van der Waals surface area contributed by atoms with E-state index in [1.54, 1.807) is 6.92 Å². The van der Waals surface area contributed by atoms with Gasteiger partial charge in [0, 0.05) is 19.5 Å². The topological polar surface area (TPSA) is 49.4 Å². The van der Waals surface area contributed by atoms with E-state index >= 15 is 0 Å². The van der Waals surface area contributed by atoms with Crippen LogP contribution in [-0.4, -0.2) is 43.3 Å². The Kier molecular flexibility index (Phi) is 6.14. The van der Waals surface area contributed by atoms with Gasteiger partial charge in [0.05, 0.1) is 6.54 Å². The highest BCUT2D eigenvalue weighted by molar-refractivity contribution is 5.78. The summed E-state index contributed by atoms with van der Waals surface area (Å²) in [5.74, 6) is 0.163. The molecule has 1 N–H and O–H groups in total. The lowest BCUT2D eigenvalue weighted by Gasteiger charge is -2.14. The number of ketones is 1. The van der Waals surface area contributed by atoms with Crippen molar-refractivity contribution in [3.8, 4) is 0 Å². The Balaban J connectivity index is 3.55. The number of Topliss-reactive ketones (excluding diaryl/α,β-unsaturated/α-hetero) is 1. The number of rotatable bonds is 6. The van der Waals surface area contributed by atoms with Crippen LogP contribution < -0.4 is 5.32 Å². The van der Waals surface area contributed by atoms with Gasteiger partial charge in [-0.15, -0.1) is 0 Å². The molecule has 0 radical (unpaired) electrons. The number of hydrogen-bond donors (Lipinski definition) is 1. The molecule has 0 aromatic heterocycles. The monoisotopic (exact) mass is 186 g/mol. The van der Waals surface area contributed by atoms with Crippen LogP contribution >= 0.6 is 0 Å². The summed E-state index contributed by atoms with van der Waals surface area (Å²) in [5.41, 5.74) is 0. The number of hydrogen-bond acceptors (Lipinski definition) is 3. The van der Waals surface area contributed by atoms with Gasteiger partial charge in [-0.3, -0.25) is 14.5 Å². The fourth-order valence-electron chi connectivity index (χ4n) is 0.926. The molecular weight excluding hydrogens is 168 g/mol. The van der Waals surface area contributed by atoms with Crippen molar-refractivity contribution < 1.29 is 9.59 Å². The lowest BCUT2D eigenvalue weighted by Crippen LogP contribution is -2.35. The highest BCUT2D eigenvalue weighted by Crippen LogP contribution is 1.88. The minimum absolute atomic E-state index is 0.00792. The highest BCUT2D eigenvalue weighted by Gasteiger charge is 2.05. The first-order valence-corrected chi connectivity index (χ1v) is 4.51. The third-order valence-corrected chi connectivity index (χ3v) is 1.63. The van der Waals surface area contributed by atoms with E-state index in [0.717, 1.165) is 0 Å². The van der Waals surface area contributed by atoms with Crippen molar-refractivity contribution >= 4 is 11.7 Å². The van der Waals surface area contributed by atoms with Gasteiger partial charge in [-0.2, -0.15) is 0 Å². The van der Waals surface area contributed by atoms with Gasteiger partial charge >= 0.3 is 0 Å². The molecule has 0 atom stereocenters. The van der Waals surface area contributed by atoms with Crippen molar-refractivity contribution in [2.75, 3.05) is 26.7 Å². The van der Waals surface area contributed by atoms with Gasteiger partial charge in [-0.1, -0.05) is 0 Å². The average molecular weight is 186 g/mol. The second kappa shape index (κ2) is 6.60.